The molecular formula is C129H194N4O16. The SMILES string of the molecule is C.CC1(C)CC[C@@]23CC[C@@]4(C)[C@]5(C)CC[C@H]6C(C)(C)C(=O)C(C#N)=C[C@]6(C)[C@H]5CC(=O)[C@]4(OC2CO)[C@@H]3C1.CC1(C)CC[C@]2(C(O)CO)CC[C@]3(C)[C@H](C(=O)C[C@@H]4[C@@]5(C)C=C(C#N)C(=O)C(C)(C)[C@@H]5CC[C@]43C)[C@@H]2C1.CC1(C)CC[C@]2(C(O)CO)CC[C@]3(C)[C@H](C(=O)C[C@@H]4[C@@]5(C)CC(C#N)=C(O)C(C)(C)[C@@H]5CC[C@]43C)[C@@H]2C1.CC1(C)CC[C@]2(C(O)CO)CC[C@]3(C)[C@H](C(=O)C[C@@H]4[C@@]5(C)Cc6cnoc6C(C)(C)[C@@H]5CC[C@]43C)[C@@H]2C1. The van der Waals surface area contributed by atoms with Gasteiger partial charge in [-0.2, -0.15) is 15.8 Å². The normalized spacial score (nSPS) is 49.6. The minimum atomic E-state index is -0.868. The number of aromatic nitrogens is 1. The largest absolute Gasteiger partial charge is 0.511 e. The standard InChI is InChI=1S/C32H49NO4.C32H45NO4.C32H49NO4.C32H47NO4.CH4/c1-27(2)10-12-32(24(36)18-34)13-11-31(7)25(20(32)16-27)21(35)14-23-29(5)15-19-17-33-37-26(19)28(3,4)22(29)8-9-30(23,31)6;1-26(2)10-12-31-13-11-30(7)29(6)9-8-20-27(3,4)25(36)19(17-33)15-28(20,5)21(29)14-23(35)32(30,22(31)16-26)37-24(31)18-34;2*1-27(2)10-12-32(24(36)18-34)13-11-31(7)25(20(32)16-27)21(35)14-23-29(5)15-19(17-33)26(37)28(3,4)22(29)8-9-30(23,31)6;/h17,20,22-25,34,36H,8-16,18H2,1-7H3;15,20-22,24,34H,8-14,16,18H2,1-7H3;20,22-25,34,36-37H,8-16,18H2,1-7H3;15,20,22-25,34,36H,8-14,16,18H2,1-7H3;1H4/t20-,22-,23+,24?,25-,29-,30+,31+,32-;20-,21+,22+,24?,28-,29+,30-,31-,32+;2*20-,22-,23+,24?,25-,29-,30+,31+,32-;/m0000./s1. The molecule has 20 nitrogen and oxygen atoms in total. The van der Waals surface area contributed by atoms with Crippen molar-refractivity contribution in [3.8, 4) is 18.2 Å². The molecular weight excluding hydrogens is 1860 g/mol. The Morgan fingerprint density at radius 2 is 0.725 bits per heavy atom. The molecule has 4 unspecified atom stereocenters. The molecule has 0 aromatic carbocycles. The van der Waals surface area contributed by atoms with E-state index in [1.807, 2.05) is 46.0 Å². The van der Waals surface area contributed by atoms with Gasteiger partial charge in [-0.1, -0.05) is 219 Å². The molecule has 1 aromatic rings. The van der Waals surface area contributed by atoms with Gasteiger partial charge in [-0.3, -0.25) is 28.8 Å². The number of carbonyl (C=O) groups is 6. The van der Waals surface area contributed by atoms with Crippen molar-refractivity contribution in [1.29, 1.82) is 15.8 Å². The highest BCUT2D eigenvalue weighted by molar-refractivity contribution is 6.05. The number of aliphatic hydroxyl groups is 8. The van der Waals surface area contributed by atoms with Gasteiger partial charge >= 0.3 is 0 Å². The summed E-state index contributed by atoms with van der Waals surface area (Å²) in [5.74, 6) is 4.02. The quantitative estimate of drug-likeness (QED) is 0.126. The lowest BCUT2D eigenvalue weighted by molar-refractivity contribution is -0.257. The minimum absolute atomic E-state index is 0. The molecule has 826 valence electrons. The number of fused-ring (bicyclic) bond motifs is 26. The second-order valence-corrected chi connectivity index (χ2v) is 63.4. The molecule has 0 radical (unpaired) electrons. The predicted octanol–water partition coefficient (Wildman–Crippen LogP) is 24.5. The van der Waals surface area contributed by atoms with Gasteiger partial charge in [0, 0.05) is 104 Å². The van der Waals surface area contributed by atoms with Gasteiger partial charge in [-0.25, -0.2) is 0 Å². The maximum Gasteiger partial charge on any atom is 0.178 e. The van der Waals surface area contributed by atoms with Crippen LogP contribution in [0.4, 0.5) is 0 Å². The van der Waals surface area contributed by atoms with E-state index in [4.69, 9.17) is 9.26 Å². The van der Waals surface area contributed by atoms with Crippen LogP contribution in [0.15, 0.2) is 45.4 Å². The highest BCUT2D eigenvalue weighted by Crippen LogP contribution is 2.85. The molecule has 20 aliphatic carbocycles. The molecule has 36 atom stereocenters. The number of nitrogens with zero attached hydrogens (tertiary/aromatic N) is 4. The van der Waals surface area contributed by atoms with E-state index in [0.717, 1.165) is 192 Å². The van der Waals surface area contributed by atoms with Crippen LogP contribution in [0.1, 0.15) is 425 Å². The van der Waals surface area contributed by atoms with Gasteiger partial charge in [-0.15, -0.1) is 0 Å². The van der Waals surface area contributed by atoms with E-state index in [9.17, 15) is 85.4 Å². The number of allylic oxidation sites excluding steroid dienone is 6. The Balaban J connectivity index is 0.000000129. The van der Waals surface area contributed by atoms with Crippen molar-refractivity contribution in [2.45, 2.75) is 455 Å². The lowest BCUT2D eigenvalue weighted by Gasteiger charge is -2.72. The molecule has 1 aromatic heterocycles. The van der Waals surface area contributed by atoms with E-state index in [0.29, 0.717) is 66.9 Å². The van der Waals surface area contributed by atoms with Crippen molar-refractivity contribution in [2.24, 2.45) is 213 Å². The summed E-state index contributed by atoms with van der Waals surface area (Å²) in [5.41, 5.74) is -3.43. The zero-order valence-corrected chi connectivity index (χ0v) is 96.2. The predicted molar refractivity (Wildman–Crippen MR) is 575 cm³/mol. The summed E-state index contributed by atoms with van der Waals surface area (Å²) in [6.07, 6.45) is 33.6. The number of hydrogen-bond acceptors (Lipinski definition) is 20. The van der Waals surface area contributed by atoms with Gasteiger partial charge in [0.1, 0.15) is 46.6 Å². The van der Waals surface area contributed by atoms with E-state index < -0.39 is 56.4 Å². The smallest absolute Gasteiger partial charge is 0.178 e. The molecule has 16 saturated carbocycles. The lowest BCUT2D eigenvalue weighted by atomic mass is 9.31. The molecule has 1 spiro atoms. The third kappa shape index (κ3) is 14.6. The molecule has 149 heavy (non-hydrogen) atoms. The first-order valence-corrected chi connectivity index (χ1v) is 58.7. The average molecular weight is 2060 g/mol. The Kier molecular flexibility index (Phi) is 26.7. The number of rotatable bonds is 7. The summed E-state index contributed by atoms with van der Waals surface area (Å²) in [6.45, 7) is 63.0. The Bertz CT molecular complexity index is 5820. The fourth-order valence-corrected chi connectivity index (χ4v) is 46.0. The van der Waals surface area contributed by atoms with Crippen molar-refractivity contribution in [2.75, 3.05) is 26.4 Å². The average Bonchev–Trinajstić information content (AvgIpc) is 1.51. The van der Waals surface area contributed by atoms with Crippen LogP contribution in [-0.4, -0.2) is 137 Å². The number of hydrogen-bond donors (Lipinski definition) is 8. The Hall–Kier alpha value is -5.60. The zero-order chi connectivity index (χ0) is 109. The van der Waals surface area contributed by atoms with Gasteiger partial charge < -0.3 is 50.1 Å². The summed E-state index contributed by atoms with van der Waals surface area (Å²) in [4.78, 5) is 84.7. The van der Waals surface area contributed by atoms with E-state index in [1.54, 1.807) is 0 Å². The Labute approximate surface area is 894 Å². The summed E-state index contributed by atoms with van der Waals surface area (Å²) in [6, 6.07) is 6.72. The molecule has 17 fully saturated rings. The first-order chi connectivity index (χ1) is 68.3. The molecule has 2 bridgehead atoms. The third-order valence-corrected chi connectivity index (χ3v) is 54.7. The van der Waals surface area contributed by atoms with Crippen molar-refractivity contribution in [3.63, 3.8) is 0 Å². The van der Waals surface area contributed by atoms with E-state index in [-0.39, 0.29) is 249 Å². The van der Waals surface area contributed by atoms with E-state index in [1.165, 1.54) is 5.56 Å². The fraction of sp³-hybridized carbons (Fsp3) is 0.860. The molecule has 1 saturated heterocycles. The van der Waals surface area contributed by atoms with Crippen molar-refractivity contribution in [3.05, 3.63) is 52.2 Å². The van der Waals surface area contributed by atoms with Crippen LogP contribution in [0, 0.1) is 247 Å². The van der Waals surface area contributed by atoms with Crippen LogP contribution in [0.25, 0.3) is 0 Å². The molecule has 0 amide bonds. The fourth-order valence-electron chi connectivity index (χ4n) is 46.0. The Morgan fingerprint density at radius 3 is 1.12 bits per heavy atom. The maximum atomic E-state index is 14.8. The number of Topliss-reactive ketones (excluding diaryl/α,β-unsaturated/α-hetero) is 6. The number of carbonyl (C=O) groups excluding carboxylic acids is 6. The molecule has 22 rings (SSSR count). The number of ketones is 6. The van der Waals surface area contributed by atoms with Gasteiger partial charge in [0.05, 0.1) is 79.8 Å². The first kappa shape index (κ1) is 113. The monoisotopic (exact) mass is 2060 g/mol. The number of ether oxygens (including phenoxy) is 1. The maximum absolute atomic E-state index is 14.8. The van der Waals surface area contributed by atoms with E-state index in [2.05, 4.69) is 190 Å². The topological polar surface area (TPSA) is 371 Å². The van der Waals surface area contributed by atoms with Crippen LogP contribution in [-0.2, 0) is 45.3 Å². The third-order valence-electron chi connectivity index (χ3n) is 54.7. The number of aliphatic hydroxyl groups excluding tert-OH is 8. The van der Waals surface area contributed by atoms with Crippen LogP contribution < -0.4 is 0 Å². The second-order valence-electron chi connectivity index (χ2n) is 63.4. The van der Waals surface area contributed by atoms with Gasteiger partial charge in [0.2, 0.25) is 0 Å². The Morgan fingerprint density at radius 1 is 0.376 bits per heavy atom. The summed E-state index contributed by atoms with van der Waals surface area (Å²) < 4.78 is 12.8. The van der Waals surface area contributed by atoms with Crippen LogP contribution in [0.2, 0.25) is 0 Å². The van der Waals surface area contributed by atoms with Gasteiger partial charge in [0.15, 0.2) is 17.3 Å². The van der Waals surface area contributed by atoms with Gasteiger partial charge in [0.25, 0.3) is 0 Å². The lowest BCUT2D eigenvalue weighted by Crippen LogP contribution is -2.74. The second kappa shape index (κ2) is 35.2. The van der Waals surface area contributed by atoms with Crippen molar-refractivity contribution in [1.82, 2.24) is 5.16 Å². The molecule has 21 aliphatic rings. The van der Waals surface area contributed by atoms with Crippen molar-refractivity contribution >= 4 is 34.7 Å². The molecule has 8 N–H and O–H groups in total. The van der Waals surface area contributed by atoms with Crippen LogP contribution >= 0.6 is 0 Å². The molecule has 1 aliphatic heterocycles. The van der Waals surface area contributed by atoms with Crippen LogP contribution in [0.3, 0.4) is 0 Å². The van der Waals surface area contributed by atoms with E-state index >= 15 is 0 Å². The van der Waals surface area contributed by atoms with Gasteiger partial charge in [-0.05, 0) is 339 Å². The summed E-state index contributed by atoms with van der Waals surface area (Å²) >= 11 is 0. The highest BCUT2D eigenvalue weighted by Gasteiger charge is 2.85. The number of nitriles is 3. The molecule has 2 heterocycles. The summed E-state index contributed by atoms with van der Waals surface area (Å²) in [7, 11) is 0. The van der Waals surface area contributed by atoms with Crippen LogP contribution in [0.5, 0.6) is 0 Å². The zero-order valence-electron chi connectivity index (χ0n) is 96.2. The molecule has 20 heteroatoms. The summed E-state index contributed by atoms with van der Waals surface area (Å²) in [5, 5.41) is 120. The minimum Gasteiger partial charge on any atom is -0.511 e. The first-order valence-electron chi connectivity index (χ1n) is 58.7. The van der Waals surface area contributed by atoms with Crippen molar-refractivity contribution < 1.29 is 78.9 Å². The highest BCUT2D eigenvalue weighted by atomic mass is 16.5.